The summed E-state index contributed by atoms with van der Waals surface area (Å²) in [7, 11) is -3.98. The topological polar surface area (TPSA) is 64.0 Å². The van der Waals surface area contributed by atoms with Crippen molar-refractivity contribution in [3.63, 3.8) is 0 Å². The van der Waals surface area contributed by atoms with E-state index in [-0.39, 0.29) is 4.90 Å². The molecular weight excluding hydrogens is 288 g/mol. The van der Waals surface area contributed by atoms with E-state index in [2.05, 4.69) is 9.82 Å². The van der Waals surface area contributed by atoms with E-state index in [1.165, 1.54) is 6.20 Å². The van der Waals surface area contributed by atoms with Crippen LogP contribution in [0.15, 0.2) is 29.3 Å². The molecule has 8 heteroatoms. The van der Waals surface area contributed by atoms with Gasteiger partial charge in [-0.25, -0.2) is 17.2 Å². The predicted octanol–water partition coefficient (Wildman–Crippen LogP) is 2.29. The van der Waals surface area contributed by atoms with Crippen LogP contribution in [0.3, 0.4) is 0 Å². The van der Waals surface area contributed by atoms with Crippen molar-refractivity contribution in [3.8, 4) is 0 Å². The van der Waals surface area contributed by atoms with Crippen LogP contribution in [0, 0.1) is 18.6 Å². The van der Waals surface area contributed by atoms with Crippen LogP contribution in [0.25, 0.3) is 0 Å². The predicted molar refractivity (Wildman–Crippen MR) is 69.8 cm³/mol. The normalized spacial score (nSPS) is 11.6. The number of halogens is 2. The fourth-order valence-corrected chi connectivity index (χ4v) is 2.74. The zero-order valence-electron chi connectivity index (χ0n) is 10.9. The van der Waals surface area contributed by atoms with Gasteiger partial charge in [-0.05, 0) is 32.0 Å². The highest BCUT2D eigenvalue weighted by molar-refractivity contribution is 7.92. The zero-order valence-corrected chi connectivity index (χ0v) is 11.7. The summed E-state index contributed by atoms with van der Waals surface area (Å²) in [5.74, 6) is -2.31. The number of hydrogen-bond acceptors (Lipinski definition) is 3. The molecule has 0 saturated carbocycles. The zero-order chi connectivity index (χ0) is 14.9. The number of aromatic nitrogens is 2. The van der Waals surface area contributed by atoms with Gasteiger partial charge in [-0.2, -0.15) is 5.10 Å². The monoisotopic (exact) mass is 301 g/mol. The number of benzene rings is 1. The van der Waals surface area contributed by atoms with Gasteiger partial charge in [0.25, 0.3) is 10.0 Å². The van der Waals surface area contributed by atoms with Gasteiger partial charge in [0, 0.05) is 12.7 Å². The van der Waals surface area contributed by atoms with Gasteiger partial charge >= 0.3 is 0 Å². The molecule has 0 aliphatic rings. The highest BCUT2D eigenvalue weighted by Gasteiger charge is 2.18. The van der Waals surface area contributed by atoms with E-state index in [9.17, 15) is 17.2 Å². The number of nitrogens with one attached hydrogen (secondary N) is 1. The summed E-state index contributed by atoms with van der Waals surface area (Å²) in [6.07, 6.45) is 1.53. The molecule has 0 fully saturated rings. The second-order valence-corrected chi connectivity index (χ2v) is 5.85. The van der Waals surface area contributed by atoms with Gasteiger partial charge < -0.3 is 0 Å². The van der Waals surface area contributed by atoms with Gasteiger partial charge in [0.15, 0.2) is 11.6 Å². The summed E-state index contributed by atoms with van der Waals surface area (Å²) in [6, 6.07) is 2.41. The Hall–Kier alpha value is -1.96. The van der Waals surface area contributed by atoms with Crippen molar-refractivity contribution in [2.45, 2.75) is 25.3 Å². The summed E-state index contributed by atoms with van der Waals surface area (Å²) < 4.78 is 54.0. The van der Waals surface area contributed by atoms with Crippen molar-refractivity contribution in [3.05, 3.63) is 41.7 Å². The molecule has 0 atom stereocenters. The van der Waals surface area contributed by atoms with E-state index in [0.29, 0.717) is 24.0 Å². The lowest BCUT2D eigenvalue weighted by molar-refractivity contribution is 0.504. The highest BCUT2D eigenvalue weighted by Crippen LogP contribution is 2.20. The molecule has 1 heterocycles. The summed E-state index contributed by atoms with van der Waals surface area (Å²) in [6.45, 7) is 4.10. The van der Waals surface area contributed by atoms with Crippen LogP contribution in [0.1, 0.15) is 12.6 Å². The number of nitrogens with zero attached hydrogens (tertiary/aromatic N) is 2. The Kier molecular flexibility index (Phi) is 3.76. The minimum absolute atomic E-state index is 0.302. The minimum atomic E-state index is -3.98. The van der Waals surface area contributed by atoms with Crippen molar-refractivity contribution in [2.24, 2.45) is 0 Å². The fourth-order valence-electron chi connectivity index (χ4n) is 1.63. The Bertz CT molecular complexity index is 741. The van der Waals surface area contributed by atoms with Gasteiger partial charge in [-0.15, -0.1) is 0 Å². The Labute approximate surface area is 115 Å². The molecule has 0 saturated heterocycles. The second kappa shape index (κ2) is 5.20. The van der Waals surface area contributed by atoms with E-state index in [0.717, 1.165) is 12.1 Å². The van der Waals surface area contributed by atoms with Crippen molar-refractivity contribution < 1.29 is 17.2 Å². The van der Waals surface area contributed by atoms with Crippen LogP contribution >= 0.6 is 0 Å². The molecule has 0 amide bonds. The quantitative estimate of drug-likeness (QED) is 0.942. The SMILES string of the molecule is CCn1cc(NS(=O)(=O)c2ccc(F)c(F)c2)c(C)n1. The first-order chi connectivity index (χ1) is 9.33. The van der Waals surface area contributed by atoms with Crippen molar-refractivity contribution in [2.75, 3.05) is 4.72 Å². The van der Waals surface area contributed by atoms with Crippen LogP contribution in [0.4, 0.5) is 14.5 Å². The van der Waals surface area contributed by atoms with Gasteiger partial charge in [-0.1, -0.05) is 0 Å². The minimum Gasteiger partial charge on any atom is -0.276 e. The standard InChI is InChI=1S/C12H13F2N3O2S/c1-3-17-7-12(8(2)15-17)16-20(18,19)9-4-5-10(13)11(14)6-9/h4-7,16H,3H2,1-2H3. The lowest BCUT2D eigenvalue weighted by Crippen LogP contribution is -2.13. The number of sulfonamides is 1. The van der Waals surface area contributed by atoms with Gasteiger partial charge in [0.2, 0.25) is 0 Å². The lowest BCUT2D eigenvalue weighted by Gasteiger charge is -2.07. The molecule has 0 aliphatic heterocycles. The molecule has 0 spiro atoms. The largest absolute Gasteiger partial charge is 0.276 e. The summed E-state index contributed by atoms with van der Waals surface area (Å²) >= 11 is 0. The van der Waals surface area contributed by atoms with Crippen molar-refractivity contribution in [1.29, 1.82) is 0 Å². The molecule has 2 aromatic rings. The maximum absolute atomic E-state index is 13.1. The maximum atomic E-state index is 13.1. The Morgan fingerprint density at radius 3 is 2.55 bits per heavy atom. The van der Waals surface area contributed by atoms with Crippen LogP contribution in [0.5, 0.6) is 0 Å². The fraction of sp³-hybridized carbons (Fsp3) is 0.250. The molecule has 1 aromatic heterocycles. The molecule has 5 nitrogen and oxygen atoms in total. The van der Waals surface area contributed by atoms with E-state index >= 15 is 0 Å². The summed E-state index contributed by atoms with van der Waals surface area (Å²) in [4.78, 5) is -0.347. The van der Waals surface area contributed by atoms with Crippen molar-refractivity contribution in [1.82, 2.24) is 9.78 Å². The highest BCUT2D eigenvalue weighted by atomic mass is 32.2. The molecule has 1 N–H and O–H groups in total. The van der Waals surface area contributed by atoms with E-state index in [1.54, 1.807) is 11.6 Å². The first-order valence-electron chi connectivity index (χ1n) is 5.85. The molecule has 1 aromatic carbocycles. The molecule has 0 aliphatic carbocycles. The number of aryl methyl sites for hydroxylation is 2. The van der Waals surface area contributed by atoms with Crippen molar-refractivity contribution >= 4 is 15.7 Å². The number of rotatable bonds is 4. The molecule has 20 heavy (non-hydrogen) atoms. The third kappa shape index (κ3) is 2.79. The van der Waals surface area contributed by atoms with Gasteiger partial charge in [0.1, 0.15) is 0 Å². The van der Waals surface area contributed by atoms with Crippen LogP contribution < -0.4 is 4.72 Å². The van der Waals surface area contributed by atoms with Crippen LogP contribution in [0.2, 0.25) is 0 Å². The first kappa shape index (κ1) is 14.4. The average molecular weight is 301 g/mol. The summed E-state index contributed by atoms with van der Waals surface area (Å²) in [5, 5.41) is 4.09. The van der Waals surface area contributed by atoms with Crippen LogP contribution in [-0.4, -0.2) is 18.2 Å². The smallest absolute Gasteiger partial charge is 0.262 e. The first-order valence-corrected chi connectivity index (χ1v) is 7.33. The molecule has 108 valence electrons. The number of anilines is 1. The van der Waals surface area contributed by atoms with Crippen LogP contribution in [-0.2, 0) is 16.6 Å². The molecule has 2 rings (SSSR count). The maximum Gasteiger partial charge on any atom is 0.262 e. The Morgan fingerprint density at radius 2 is 2.00 bits per heavy atom. The second-order valence-electron chi connectivity index (χ2n) is 4.17. The molecule has 0 radical (unpaired) electrons. The molecule has 0 bridgehead atoms. The Morgan fingerprint density at radius 1 is 1.30 bits per heavy atom. The van der Waals surface area contributed by atoms with E-state index in [1.807, 2.05) is 6.92 Å². The number of hydrogen-bond donors (Lipinski definition) is 1. The van der Waals surface area contributed by atoms with E-state index in [4.69, 9.17) is 0 Å². The van der Waals surface area contributed by atoms with E-state index < -0.39 is 21.7 Å². The van der Waals surface area contributed by atoms with Gasteiger partial charge in [-0.3, -0.25) is 9.40 Å². The third-order valence-corrected chi connectivity index (χ3v) is 4.08. The molecular formula is C12H13F2N3O2S. The molecule has 0 unspecified atom stereocenters. The summed E-state index contributed by atoms with van der Waals surface area (Å²) in [5.41, 5.74) is 0.801. The van der Waals surface area contributed by atoms with Gasteiger partial charge in [0.05, 0.1) is 16.3 Å². The lowest BCUT2D eigenvalue weighted by atomic mass is 10.3. The average Bonchev–Trinajstić information content (AvgIpc) is 2.73. The Balaban J connectivity index is 2.35. The third-order valence-electron chi connectivity index (χ3n) is 2.72.